The predicted octanol–water partition coefficient (Wildman–Crippen LogP) is -0.878. The standard InChI is InChI=1S/C18H21N4O8P.K/c1-5-19-18(24)15-14(17-20-9(4)28-22-17)16(29-21-15)11-6-10(8(2)3)12(23)7-13(11)30-31(25,26)27;/h6-8,23H,5H2,1-4H3,(H,19,24)(H2,25,26,27);/q;+1/p-1. The summed E-state index contributed by atoms with van der Waals surface area (Å²) in [6.45, 7) is 7.16. The summed E-state index contributed by atoms with van der Waals surface area (Å²) in [5.41, 5.74) is 0.267. The topological polar surface area (TPSA) is 184 Å². The number of phosphoric ester groups is 1. The number of hydrogen-bond acceptors (Lipinski definition) is 10. The molecule has 0 saturated carbocycles. The molecule has 2 aromatic heterocycles. The number of nitrogens with one attached hydrogen (secondary N) is 1. The SMILES string of the molecule is CCNC(=O)c1noc(-c2cc(C(C)C)c(O)cc2OP(=O)([O-])O)c1-c1noc(C)n1.[K+]. The van der Waals surface area contributed by atoms with Crippen molar-refractivity contribution in [3.63, 3.8) is 0 Å². The second kappa shape index (κ2) is 10.6. The molecular weight excluding hydrogens is 470 g/mol. The Bertz CT molecular complexity index is 1170. The molecule has 1 amide bonds. The largest absolute Gasteiger partial charge is 1.00 e. The molecule has 3 rings (SSSR count). The smallest absolute Gasteiger partial charge is 0.746 e. The zero-order valence-electron chi connectivity index (χ0n) is 18.1. The van der Waals surface area contributed by atoms with Crippen molar-refractivity contribution in [3.8, 4) is 34.2 Å². The molecule has 0 saturated heterocycles. The maximum Gasteiger partial charge on any atom is 1.00 e. The Morgan fingerprint density at radius 2 is 2.00 bits per heavy atom. The van der Waals surface area contributed by atoms with Crippen molar-refractivity contribution < 1.29 is 89.2 Å². The van der Waals surface area contributed by atoms with Crippen LogP contribution in [0.1, 0.15) is 48.6 Å². The Labute approximate surface area is 225 Å². The van der Waals surface area contributed by atoms with Gasteiger partial charge < -0.3 is 33.8 Å². The van der Waals surface area contributed by atoms with Gasteiger partial charge in [-0.05, 0) is 24.5 Å². The summed E-state index contributed by atoms with van der Waals surface area (Å²) in [4.78, 5) is 37.2. The quantitative estimate of drug-likeness (QED) is 0.276. The Morgan fingerprint density at radius 3 is 2.53 bits per heavy atom. The molecule has 0 fully saturated rings. The maximum atomic E-state index is 12.5. The molecule has 0 bridgehead atoms. The molecule has 0 aliphatic rings. The third-order valence-corrected chi connectivity index (χ3v) is 4.63. The van der Waals surface area contributed by atoms with Gasteiger partial charge in [0.1, 0.15) is 17.1 Å². The average molecular weight is 490 g/mol. The van der Waals surface area contributed by atoms with Gasteiger partial charge >= 0.3 is 59.2 Å². The van der Waals surface area contributed by atoms with Crippen molar-refractivity contribution >= 4 is 13.7 Å². The van der Waals surface area contributed by atoms with Gasteiger partial charge in [0.15, 0.2) is 11.5 Å². The van der Waals surface area contributed by atoms with E-state index in [0.717, 1.165) is 6.07 Å². The summed E-state index contributed by atoms with van der Waals surface area (Å²) in [5.74, 6) is -1.42. The summed E-state index contributed by atoms with van der Waals surface area (Å²) in [5, 5.41) is 20.5. The Morgan fingerprint density at radius 1 is 1.31 bits per heavy atom. The van der Waals surface area contributed by atoms with Crippen molar-refractivity contribution in [1.82, 2.24) is 20.6 Å². The minimum Gasteiger partial charge on any atom is -0.746 e. The van der Waals surface area contributed by atoms with E-state index in [9.17, 15) is 24.3 Å². The summed E-state index contributed by atoms with van der Waals surface area (Å²) in [6, 6.07) is 2.43. The van der Waals surface area contributed by atoms with Crippen molar-refractivity contribution in [2.24, 2.45) is 0 Å². The number of nitrogens with zero attached hydrogens (tertiary/aromatic N) is 3. The molecule has 0 radical (unpaired) electrons. The van der Waals surface area contributed by atoms with E-state index in [1.165, 1.54) is 6.07 Å². The summed E-state index contributed by atoms with van der Waals surface area (Å²) < 4.78 is 26.4. The number of rotatable bonds is 7. The first-order chi connectivity index (χ1) is 14.5. The van der Waals surface area contributed by atoms with Gasteiger partial charge in [-0.3, -0.25) is 9.36 Å². The zero-order valence-corrected chi connectivity index (χ0v) is 22.1. The summed E-state index contributed by atoms with van der Waals surface area (Å²) in [6.07, 6.45) is 0. The molecule has 1 atom stereocenters. The van der Waals surface area contributed by atoms with Crippen molar-refractivity contribution in [3.05, 3.63) is 29.3 Å². The molecule has 1 unspecified atom stereocenters. The number of amides is 1. The first-order valence-electron chi connectivity index (χ1n) is 9.21. The molecule has 2 heterocycles. The normalized spacial score (nSPS) is 12.8. The van der Waals surface area contributed by atoms with Gasteiger partial charge in [0.2, 0.25) is 11.7 Å². The molecule has 1 aromatic carbocycles. The van der Waals surface area contributed by atoms with E-state index in [2.05, 4.69) is 25.1 Å². The molecule has 166 valence electrons. The van der Waals surface area contributed by atoms with Crippen LogP contribution in [0.4, 0.5) is 0 Å². The second-order valence-electron chi connectivity index (χ2n) is 6.85. The van der Waals surface area contributed by atoms with E-state index in [-0.39, 0.29) is 97.3 Å². The fourth-order valence-electron chi connectivity index (χ4n) is 2.91. The van der Waals surface area contributed by atoms with E-state index in [0.29, 0.717) is 12.1 Å². The third kappa shape index (κ3) is 5.86. The minimum atomic E-state index is -5.25. The van der Waals surface area contributed by atoms with Gasteiger partial charge in [0.25, 0.3) is 5.91 Å². The van der Waals surface area contributed by atoms with Gasteiger partial charge in [-0.1, -0.05) is 24.2 Å². The van der Waals surface area contributed by atoms with E-state index in [1.807, 2.05) is 0 Å². The number of hydrogen-bond donors (Lipinski definition) is 3. The first kappa shape index (κ1) is 26.7. The monoisotopic (exact) mass is 490 g/mol. The molecule has 3 N–H and O–H groups in total. The number of aromatic nitrogens is 3. The number of carbonyl (C=O) groups is 1. The van der Waals surface area contributed by atoms with Crippen LogP contribution in [0.5, 0.6) is 11.5 Å². The van der Waals surface area contributed by atoms with Crippen LogP contribution in [0, 0.1) is 6.92 Å². The van der Waals surface area contributed by atoms with Crippen LogP contribution >= 0.6 is 7.82 Å². The molecule has 32 heavy (non-hydrogen) atoms. The number of aromatic hydroxyl groups is 1. The molecule has 0 aliphatic carbocycles. The van der Waals surface area contributed by atoms with Crippen LogP contribution in [0.25, 0.3) is 22.7 Å². The Kier molecular flexibility index (Phi) is 8.81. The number of aryl methyl sites for hydroxylation is 1. The number of carbonyl (C=O) groups excluding carboxylic acids is 1. The van der Waals surface area contributed by atoms with E-state index in [1.54, 1.807) is 27.7 Å². The van der Waals surface area contributed by atoms with E-state index < -0.39 is 19.5 Å². The summed E-state index contributed by atoms with van der Waals surface area (Å²) >= 11 is 0. The van der Waals surface area contributed by atoms with Crippen LogP contribution < -0.4 is 66.1 Å². The zero-order chi connectivity index (χ0) is 22.9. The van der Waals surface area contributed by atoms with E-state index >= 15 is 0 Å². The molecule has 12 nitrogen and oxygen atoms in total. The van der Waals surface area contributed by atoms with Crippen LogP contribution in [-0.4, -0.2) is 37.7 Å². The third-order valence-electron chi connectivity index (χ3n) is 4.20. The fraction of sp³-hybridized carbons (Fsp3) is 0.333. The first-order valence-corrected chi connectivity index (χ1v) is 10.7. The number of phenols is 1. The number of phosphoric acid groups is 1. The Hall–Kier alpha value is -1.57. The molecule has 0 aliphatic heterocycles. The molecule has 3 aromatic rings. The van der Waals surface area contributed by atoms with Crippen LogP contribution in [0.15, 0.2) is 21.2 Å². The van der Waals surface area contributed by atoms with Crippen LogP contribution in [0.2, 0.25) is 0 Å². The Balaban J connectivity index is 0.00000363. The second-order valence-corrected chi connectivity index (χ2v) is 7.97. The molecule has 0 spiro atoms. The molecular formula is C18H20KN4O8P. The predicted molar refractivity (Wildman–Crippen MR) is 104 cm³/mol. The molecule has 14 heteroatoms. The fourth-order valence-corrected chi connectivity index (χ4v) is 3.31. The van der Waals surface area contributed by atoms with Gasteiger partial charge in [-0.2, -0.15) is 4.98 Å². The van der Waals surface area contributed by atoms with Gasteiger partial charge in [0, 0.05) is 19.5 Å². The van der Waals surface area contributed by atoms with Crippen molar-refractivity contribution in [1.29, 1.82) is 0 Å². The van der Waals surface area contributed by atoms with Crippen molar-refractivity contribution in [2.75, 3.05) is 6.54 Å². The summed E-state index contributed by atoms with van der Waals surface area (Å²) in [7, 11) is -5.25. The van der Waals surface area contributed by atoms with Gasteiger partial charge in [-0.15, -0.1) is 0 Å². The van der Waals surface area contributed by atoms with Gasteiger partial charge in [-0.25, -0.2) is 0 Å². The maximum absolute atomic E-state index is 12.5. The van der Waals surface area contributed by atoms with E-state index in [4.69, 9.17) is 9.05 Å². The van der Waals surface area contributed by atoms with Crippen LogP contribution in [0.3, 0.4) is 0 Å². The van der Waals surface area contributed by atoms with Crippen LogP contribution in [-0.2, 0) is 4.57 Å². The average Bonchev–Trinajstić information content (AvgIpc) is 3.26. The number of benzene rings is 1. The minimum absolute atomic E-state index is 0. The van der Waals surface area contributed by atoms with Crippen molar-refractivity contribution in [2.45, 2.75) is 33.6 Å². The number of phenolic OH excluding ortho intramolecular Hbond substituents is 1. The van der Waals surface area contributed by atoms with Gasteiger partial charge in [0.05, 0.1) is 5.56 Å².